The normalized spacial score (nSPS) is 21.7. The maximum absolute atomic E-state index is 13.5. The zero-order chi connectivity index (χ0) is 10.8. The number of hydrogen-bond acceptors (Lipinski definition) is 2. The van der Waals surface area contributed by atoms with Crippen molar-refractivity contribution in [3.63, 3.8) is 0 Å². The molecule has 0 aromatic heterocycles. The summed E-state index contributed by atoms with van der Waals surface area (Å²) < 4.78 is 32.0. The van der Waals surface area contributed by atoms with E-state index in [1.165, 1.54) is 6.07 Å². The molecule has 1 unspecified atom stereocenters. The summed E-state index contributed by atoms with van der Waals surface area (Å²) in [5.74, 6) is -1.60. The number of rotatable bonds is 1. The Labute approximate surface area is 87.2 Å². The van der Waals surface area contributed by atoms with Crippen molar-refractivity contribution >= 4 is 0 Å². The molecule has 0 saturated carbocycles. The highest BCUT2D eigenvalue weighted by molar-refractivity contribution is 5.27. The van der Waals surface area contributed by atoms with Gasteiger partial charge in [0.1, 0.15) is 0 Å². The van der Waals surface area contributed by atoms with Gasteiger partial charge in [-0.3, -0.25) is 0 Å². The van der Waals surface area contributed by atoms with Gasteiger partial charge >= 0.3 is 0 Å². The highest BCUT2D eigenvalue weighted by Gasteiger charge is 2.21. The number of nitrogens with one attached hydrogen (secondary N) is 1. The molecule has 0 aliphatic carbocycles. The maximum atomic E-state index is 13.5. The Kier molecular flexibility index (Phi) is 2.98. The van der Waals surface area contributed by atoms with Gasteiger partial charge < -0.3 is 10.1 Å². The van der Waals surface area contributed by atoms with Crippen molar-refractivity contribution in [2.75, 3.05) is 19.7 Å². The lowest BCUT2D eigenvalue weighted by Crippen LogP contribution is -2.33. The third kappa shape index (κ3) is 2.16. The Hall–Kier alpha value is -1.00. The summed E-state index contributed by atoms with van der Waals surface area (Å²) >= 11 is 0. The molecule has 1 aromatic carbocycles. The van der Waals surface area contributed by atoms with E-state index in [9.17, 15) is 8.78 Å². The van der Waals surface area contributed by atoms with Crippen LogP contribution in [0.2, 0.25) is 0 Å². The molecule has 82 valence electrons. The summed E-state index contributed by atoms with van der Waals surface area (Å²) in [5.41, 5.74) is 1.01. The van der Waals surface area contributed by atoms with Crippen molar-refractivity contribution in [1.82, 2.24) is 5.32 Å². The molecule has 2 nitrogen and oxygen atoms in total. The fourth-order valence-electron chi connectivity index (χ4n) is 1.75. The third-order valence-electron chi connectivity index (χ3n) is 2.48. The number of morpholine rings is 1. The fraction of sp³-hybridized carbons (Fsp3) is 0.455. The molecule has 1 atom stereocenters. The van der Waals surface area contributed by atoms with Crippen LogP contribution in [-0.4, -0.2) is 19.7 Å². The first-order valence-electron chi connectivity index (χ1n) is 4.96. The molecule has 4 heteroatoms. The SMILES string of the molecule is Cc1cc(F)c(F)c(C2CNCCO2)c1. The summed E-state index contributed by atoms with van der Waals surface area (Å²) in [6, 6.07) is 2.82. The predicted octanol–water partition coefficient (Wildman–Crippen LogP) is 1.93. The summed E-state index contributed by atoms with van der Waals surface area (Å²) in [6.07, 6.45) is -0.381. The molecule has 0 radical (unpaired) electrons. The maximum Gasteiger partial charge on any atom is 0.164 e. The van der Waals surface area contributed by atoms with Crippen LogP contribution in [0.3, 0.4) is 0 Å². The largest absolute Gasteiger partial charge is 0.371 e. The smallest absolute Gasteiger partial charge is 0.164 e. The first-order valence-corrected chi connectivity index (χ1v) is 4.96. The van der Waals surface area contributed by atoms with Gasteiger partial charge in [-0.2, -0.15) is 0 Å². The third-order valence-corrected chi connectivity index (χ3v) is 2.48. The van der Waals surface area contributed by atoms with Gasteiger partial charge in [0, 0.05) is 18.7 Å². The van der Waals surface area contributed by atoms with E-state index in [-0.39, 0.29) is 6.10 Å². The Balaban J connectivity index is 2.33. The van der Waals surface area contributed by atoms with Gasteiger partial charge in [0.25, 0.3) is 0 Å². The average Bonchev–Trinajstić information content (AvgIpc) is 2.24. The molecule has 1 aromatic rings. The molecule has 2 rings (SSSR count). The van der Waals surface area contributed by atoms with Gasteiger partial charge in [0.15, 0.2) is 11.6 Å². The molecule has 1 saturated heterocycles. The van der Waals surface area contributed by atoms with Crippen LogP contribution in [0.4, 0.5) is 8.78 Å². The van der Waals surface area contributed by atoms with Gasteiger partial charge in [-0.05, 0) is 18.6 Å². The molecule has 0 bridgehead atoms. The standard InChI is InChI=1S/C11H13F2NO/c1-7-4-8(11(13)9(12)5-7)10-6-14-2-3-15-10/h4-5,10,14H,2-3,6H2,1H3. The molecule has 1 fully saturated rings. The second-order valence-corrected chi connectivity index (χ2v) is 3.71. The molecule has 1 aliphatic rings. The van der Waals surface area contributed by atoms with E-state index < -0.39 is 11.6 Å². The van der Waals surface area contributed by atoms with Crippen molar-refractivity contribution in [1.29, 1.82) is 0 Å². The van der Waals surface area contributed by atoms with Crippen LogP contribution in [0.1, 0.15) is 17.2 Å². The van der Waals surface area contributed by atoms with Crippen LogP contribution in [0, 0.1) is 18.6 Å². The Morgan fingerprint density at radius 3 is 2.87 bits per heavy atom. The lowest BCUT2D eigenvalue weighted by Gasteiger charge is -2.24. The minimum absolute atomic E-state index is 0.305. The highest BCUT2D eigenvalue weighted by atomic mass is 19.2. The van der Waals surface area contributed by atoms with Gasteiger partial charge in [0.2, 0.25) is 0 Å². The summed E-state index contributed by atoms with van der Waals surface area (Å²) in [6.45, 7) is 3.55. The van der Waals surface area contributed by atoms with Gasteiger partial charge in [-0.1, -0.05) is 6.07 Å². The molecule has 1 aliphatic heterocycles. The van der Waals surface area contributed by atoms with E-state index in [0.29, 0.717) is 24.3 Å². The minimum atomic E-state index is -0.806. The topological polar surface area (TPSA) is 21.3 Å². The second-order valence-electron chi connectivity index (χ2n) is 3.71. The quantitative estimate of drug-likeness (QED) is 0.769. The molecule has 1 N–H and O–H groups in total. The van der Waals surface area contributed by atoms with Crippen molar-refractivity contribution in [2.24, 2.45) is 0 Å². The Morgan fingerprint density at radius 1 is 1.40 bits per heavy atom. The van der Waals surface area contributed by atoms with Crippen LogP contribution < -0.4 is 5.32 Å². The fourth-order valence-corrected chi connectivity index (χ4v) is 1.75. The minimum Gasteiger partial charge on any atom is -0.371 e. The zero-order valence-electron chi connectivity index (χ0n) is 8.52. The van der Waals surface area contributed by atoms with Crippen molar-refractivity contribution < 1.29 is 13.5 Å². The molecule has 0 spiro atoms. The molecular weight excluding hydrogens is 200 g/mol. The second kappa shape index (κ2) is 4.24. The lowest BCUT2D eigenvalue weighted by molar-refractivity contribution is 0.0251. The van der Waals surface area contributed by atoms with E-state index in [0.717, 1.165) is 6.54 Å². The predicted molar refractivity (Wildman–Crippen MR) is 52.7 cm³/mol. The van der Waals surface area contributed by atoms with E-state index in [1.807, 2.05) is 0 Å². The molecule has 0 amide bonds. The van der Waals surface area contributed by atoms with Crippen molar-refractivity contribution in [3.05, 3.63) is 34.9 Å². The van der Waals surface area contributed by atoms with Crippen molar-refractivity contribution in [2.45, 2.75) is 13.0 Å². The number of benzene rings is 1. The van der Waals surface area contributed by atoms with Crippen LogP contribution in [-0.2, 0) is 4.74 Å². The number of halogens is 2. The highest BCUT2D eigenvalue weighted by Crippen LogP contribution is 2.24. The number of ether oxygens (including phenoxy) is 1. The zero-order valence-corrected chi connectivity index (χ0v) is 8.52. The first-order chi connectivity index (χ1) is 7.18. The Bertz CT molecular complexity index is 362. The summed E-state index contributed by atoms with van der Waals surface area (Å²) in [4.78, 5) is 0. The van der Waals surface area contributed by atoms with Crippen LogP contribution in [0.25, 0.3) is 0 Å². The van der Waals surface area contributed by atoms with Crippen LogP contribution >= 0.6 is 0 Å². The average molecular weight is 213 g/mol. The van der Waals surface area contributed by atoms with Gasteiger partial charge in [-0.15, -0.1) is 0 Å². The first kappa shape index (κ1) is 10.5. The summed E-state index contributed by atoms with van der Waals surface area (Å²) in [7, 11) is 0. The number of hydrogen-bond donors (Lipinski definition) is 1. The molecule has 15 heavy (non-hydrogen) atoms. The van der Waals surface area contributed by atoms with E-state index in [2.05, 4.69) is 5.32 Å². The van der Waals surface area contributed by atoms with Crippen LogP contribution in [0.5, 0.6) is 0 Å². The lowest BCUT2D eigenvalue weighted by atomic mass is 10.0. The number of aryl methyl sites for hydroxylation is 1. The monoisotopic (exact) mass is 213 g/mol. The van der Waals surface area contributed by atoms with Crippen LogP contribution in [0.15, 0.2) is 12.1 Å². The van der Waals surface area contributed by atoms with E-state index in [1.54, 1.807) is 13.0 Å². The van der Waals surface area contributed by atoms with Gasteiger partial charge in [-0.25, -0.2) is 8.78 Å². The van der Waals surface area contributed by atoms with Gasteiger partial charge in [0.05, 0.1) is 12.7 Å². The van der Waals surface area contributed by atoms with E-state index >= 15 is 0 Å². The van der Waals surface area contributed by atoms with Crippen molar-refractivity contribution in [3.8, 4) is 0 Å². The molecule has 1 heterocycles. The Morgan fingerprint density at radius 2 is 2.20 bits per heavy atom. The van der Waals surface area contributed by atoms with E-state index in [4.69, 9.17) is 4.74 Å². The summed E-state index contributed by atoms with van der Waals surface area (Å²) in [5, 5.41) is 3.09. The molecular formula is C11H13F2NO.